The Morgan fingerprint density at radius 3 is 2.50 bits per heavy atom. The number of aryl methyl sites for hydroxylation is 2. The highest BCUT2D eigenvalue weighted by Crippen LogP contribution is 2.39. The number of nitrogens with zero attached hydrogens (tertiary/aromatic N) is 2. The summed E-state index contributed by atoms with van der Waals surface area (Å²) in [5.41, 5.74) is 7.88. The van der Waals surface area contributed by atoms with Gasteiger partial charge in [0, 0.05) is 15.6 Å². The average molecular weight is 362 g/mol. The van der Waals surface area contributed by atoms with Gasteiger partial charge in [-0.25, -0.2) is 4.57 Å². The Bertz CT molecular complexity index is 1150. The molecule has 3 heteroatoms. The molecule has 0 spiro atoms. The van der Waals surface area contributed by atoms with E-state index in [2.05, 4.69) is 82.6 Å². The van der Waals surface area contributed by atoms with Gasteiger partial charge in [0.25, 0.3) is 6.33 Å². The Kier molecular flexibility index (Phi) is 3.89. The summed E-state index contributed by atoms with van der Waals surface area (Å²) in [6, 6.07) is 13.3. The van der Waals surface area contributed by atoms with E-state index in [1.807, 2.05) is 17.7 Å². The molecule has 2 aromatic carbocycles. The van der Waals surface area contributed by atoms with Crippen LogP contribution >= 0.6 is 11.3 Å². The zero-order valence-electron chi connectivity index (χ0n) is 16.3. The maximum atomic E-state index is 4.75. The summed E-state index contributed by atoms with van der Waals surface area (Å²) in [6.45, 7) is 11.3. The Labute approximate surface area is 159 Å². The van der Waals surface area contributed by atoms with Crippen LogP contribution in [0, 0.1) is 13.8 Å². The summed E-state index contributed by atoms with van der Waals surface area (Å²) >= 11 is 1.84. The van der Waals surface area contributed by atoms with Gasteiger partial charge >= 0.3 is 0 Å². The average Bonchev–Trinajstić information content (AvgIpc) is 2.95. The minimum atomic E-state index is 0.123. The SMILES string of the molecule is Cc1cc(C(C)(C)C)cc(-c2c3sc4ccccc4c3nc[n+]2C)c1C. The summed E-state index contributed by atoms with van der Waals surface area (Å²) in [5, 5.41) is 1.25. The van der Waals surface area contributed by atoms with Gasteiger partial charge in [0.05, 0.1) is 7.05 Å². The van der Waals surface area contributed by atoms with E-state index in [-0.39, 0.29) is 5.41 Å². The maximum absolute atomic E-state index is 4.75. The fraction of sp³-hybridized carbons (Fsp3) is 0.304. The van der Waals surface area contributed by atoms with E-state index >= 15 is 0 Å². The predicted octanol–water partition coefficient (Wildman–Crippen LogP) is 5.86. The summed E-state index contributed by atoms with van der Waals surface area (Å²) in [4.78, 5) is 4.75. The van der Waals surface area contributed by atoms with Gasteiger partial charge in [-0.05, 0) is 59.1 Å². The van der Waals surface area contributed by atoms with Crippen molar-refractivity contribution < 1.29 is 4.57 Å². The lowest BCUT2D eigenvalue weighted by atomic mass is 9.83. The standard InChI is InChI=1S/C23H25N2S/c1-14-11-16(23(3,4)5)12-18(15(14)2)21-22-20(24-13-25(21)6)17-9-7-8-10-19(17)26-22/h7-13H,1-6H3/q+1. The maximum Gasteiger partial charge on any atom is 0.287 e. The largest absolute Gasteiger partial charge is 0.287 e. The van der Waals surface area contributed by atoms with Gasteiger partial charge < -0.3 is 0 Å². The van der Waals surface area contributed by atoms with Crippen LogP contribution in [-0.2, 0) is 12.5 Å². The molecule has 0 amide bonds. The van der Waals surface area contributed by atoms with Crippen molar-refractivity contribution in [1.29, 1.82) is 0 Å². The van der Waals surface area contributed by atoms with Crippen LogP contribution in [0.15, 0.2) is 42.7 Å². The number of rotatable bonds is 1. The van der Waals surface area contributed by atoms with E-state index in [0.717, 1.165) is 5.52 Å². The van der Waals surface area contributed by atoms with Gasteiger partial charge in [-0.2, -0.15) is 0 Å². The lowest BCUT2D eigenvalue weighted by Crippen LogP contribution is -2.31. The lowest BCUT2D eigenvalue weighted by Gasteiger charge is -2.22. The van der Waals surface area contributed by atoms with Crippen LogP contribution in [0.25, 0.3) is 31.6 Å². The minimum absolute atomic E-state index is 0.123. The van der Waals surface area contributed by atoms with E-state index in [1.165, 1.54) is 42.7 Å². The second-order valence-corrected chi connectivity index (χ2v) is 9.25. The van der Waals surface area contributed by atoms with Crippen molar-refractivity contribution in [2.24, 2.45) is 7.05 Å². The van der Waals surface area contributed by atoms with E-state index in [0.29, 0.717) is 0 Å². The van der Waals surface area contributed by atoms with Crippen LogP contribution in [-0.4, -0.2) is 4.98 Å². The molecular formula is C23H25N2S+. The molecule has 0 unspecified atom stereocenters. The van der Waals surface area contributed by atoms with Gasteiger partial charge in [-0.3, -0.25) is 0 Å². The van der Waals surface area contributed by atoms with Crippen LogP contribution in [0.2, 0.25) is 0 Å². The molecule has 0 saturated heterocycles. The molecular weight excluding hydrogens is 336 g/mol. The van der Waals surface area contributed by atoms with Crippen molar-refractivity contribution in [2.75, 3.05) is 0 Å². The molecule has 2 aromatic heterocycles. The first-order chi connectivity index (χ1) is 12.3. The van der Waals surface area contributed by atoms with Crippen LogP contribution in [0.5, 0.6) is 0 Å². The molecule has 2 heterocycles. The van der Waals surface area contributed by atoms with Crippen molar-refractivity contribution in [3.05, 3.63) is 59.4 Å². The highest BCUT2D eigenvalue weighted by atomic mass is 32.1. The molecule has 4 rings (SSSR count). The second-order valence-electron chi connectivity index (χ2n) is 8.20. The Balaban J connectivity index is 2.12. The summed E-state index contributed by atoms with van der Waals surface area (Å²) in [5.74, 6) is 0. The molecule has 0 aliphatic heterocycles. The fourth-order valence-corrected chi connectivity index (χ4v) is 4.78. The van der Waals surface area contributed by atoms with Crippen molar-refractivity contribution in [3.8, 4) is 11.3 Å². The smallest absolute Gasteiger partial charge is 0.231 e. The number of hydrogen-bond acceptors (Lipinski definition) is 2. The first-order valence-electron chi connectivity index (χ1n) is 9.05. The predicted molar refractivity (Wildman–Crippen MR) is 112 cm³/mol. The molecule has 0 atom stereocenters. The molecule has 0 saturated carbocycles. The molecule has 0 aliphatic rings. The highest BCUT2D eigenvalue weighted by Gasteiger charge is 2.24. The molecule has 0 bridgehead atoms. The van der Waals surface area contributed by atoms with Crippen LogP contribution < -0.4 is 4.57 Å². The molecule has 132 valence electrons. The van der Waals surface area contributed by atoms with E-state index in [9.17, 15) is 0 Å². The molecule has 26 heavy (non-hydrogen) atoms. The van der Waals surface area contributed by atoms with E-state index in [4.69, 9.17) is 4.98 Å². The van der Waals surface area contributed by atoms with Crippen molar-refractivity contribution in [3.63, 3.8) is 0 Å². The Hall–Kier alpha value is -2.26. The second kappa shape index (κ2) is 5.88. The monoisotopic (exact) mass is 361 g/mol. The van der Waals surface area contributed by atoms with E-state index < -0.39 is 0 Å². The van der Waals surface area contributed by atoms with Crippen LogP contribution in [0.4, 0.5) is 0 Å². The molecule has 0 aliphatic carbocycles. The van der Waals surface area contributed by atoms with Crippen molar-refractivity contribution >= 4 is 31.6 Å². The summed E-state index contributed by atoms with van der Waals surface area (Å²) < 4.78 is 4.74. The third-order valence-corrected chi connectivity index (χ3v) is 6.45. The third kappa shape index (κ3) is 2.62. The molecule has 0 fully saturated rings. The normalized spacial score (nSPS) is 12.2. The van der Waals surface area contributed by atoms with Gasteiger partial charge in [-0.1, -0.05) is 39.0 Å². The van der Waals surface area contributed by atoms with Gasteiger partial charge in [0.2, 0.25) is 5.52 Å². The first-order valence-corrected chi connectivity index (χ1v) is 9.87. The van der Waals surface area contributed by atoms with Crippen LogP contribution in [0.3, 0.4) is 0 Å². The zero-order valence-corrected chi connectivity index (χ0v) is 17.2. The zero-order chi connectivity index (χ0) is 18.6. The lowest BCUT2D eigenvalue weighted by molar-refractivity contribution is -0.662. The van der Waals surface area contributed by atoms with Crippen molar-refractivity contribution in [2.45, 2.75) is 40.0 Å². The number of fused-ring (bicyclic) bond motifs is 3. The molecule has 0 radical (unpaired) electrons. The Morgan fingerprint density at radius 1 is 1.04 bits per heavy atom. The van der Waals surface area contributed by atoms with Gasteiger partial charge in [0.1, 0.15) is 4.70 Å². The number of benzene rings is 2. The minimum Gasteiger partial charge on any atom is -0.231 e. The summed E-state index contributed by atoms with van der Waals surface area (Å²) in [7, 11) is 2.10. The van der Waals surface area contributed by atoms with E-state index in [1.54, 1.807) is 0 Å². The molecule has 4 aromatic rings. The highest BCUT2D eigenvalue weighted by molar-refractivity contribution is 7.26. The van der Waals surface area contributed by atoms with Crippen molar-refractivity contribution in [1.82, 2.24) is 4.98 Å². The first kappa shape index (κ1) is 17.2. The molecule has 2 nitrogen and oxygen atoms in total. The summed E-state index contributed by atoms with van der Waals surface area (Å²) in [6.07, 6.45) is 1.95. The number of hydrogen-bond donors (Lipinski definition) is 0. The number of aromatic nitrogens is 2. The topological polar surface area (TPSA) is 16.8 Å². The fourth-order valence-electron chi connectivity index (χ4n) is 3.53. The third-order valence-electron chi connectivity index (χ3n) is 5.29. The van der Waals surface area contributed by atoms with Gasteiger partial charge in [-0.15, -0.1) is 11.3 Å². The molecule has 0 N–H and O–H groups in total. The van der Waals surface area contributed by atoms with Gasteiger partial charge in [0.15, 0.2) is 5.69 Å². The van der Waals surface area contributed by atoms with Crippen LogP contribution in [0.1, 0.15) is 37.5 Å². The quantitative estimate of drug-likeness (QED) is 0.388. The Morgan fingerprint density at radius 2 is 1.77 bits per heavy atom. The number of thiophene rings is 1.